The summed E-state index contributed by atoms with van der Waals surface area (Å²) in [5.41, 5.74) is -4.28. The Kier molecular flexibility index (Phi) is 6.22. The summed E-state index contributed by atoms with van der Waals surface area (Å²) in [6.45, 7) is 3.83. The molecule has 0 radical (unpaired) electrons. The average molecular weight is 396 g/mol. The zero-order valence-corrected chi connectivity index (χ0v) is 15.7. The molecule has 1 aromatic heterocycles. The van der Waals surface area contributed by atoms with Crippen LogP contribution in [-0.4, -0.2) is 50.4 Å². The van der Waals surface area contributed by atoms with Gasteiger partial charge in [0, 0.05) is 38.3 Å². The van der Waals surface area contributed by atoms with Gasteiger partial charge in [0.15, 0.2) is 5.96 Å². The molecule has 0 unspecified atom stereocenters. The molecule has 0 aromatic carbocycles. The lowest BCUT2D eigenvalue weighted by Crippen LogP contribution is -2.51. The molecule has 2 N–H and O–H groups in total. The van der Waals surface area contributed by atoms with Crippen LogP contribution >= 0.6 is 0 Å². The number of hydrogen-bond donors (Lipinski definition) is 2. The second-order valence-electron chi connectivity index (χ2n) is 6.13. The largest absolute Gasteiger partial charge is 0.511 e. The summed E-state index contributed by atoms with van der Waals surface area (Å²) in [7, 11) is -3.67. The van der Waals surface area contributed by atoms with Crippen LogP contribution in [0.15, 0.2) is 15.5 Å². The number of rotatable bonds is 4. The van der Waals surface area contributed by atoms with Gasteiger partial charge in [-0.1, -0.05) is 0 Å². The van der Waals surface area contributed by atoms with Gasteiger partial charge in [0.2, 0.25) is 0 Å². The standard InChI is InChI=1S/C15H23F3N4O3S/c1-10-8-12(11(2)25-10)9-20-14(19-3)21-13-4-6-22(7-5-13)26(23,24)15(16,17)18/h8,13H,4-7,9H2,1-3H3,(H2,19,20,21). The lowest BCUT2D eigenvalue weighted by molar-refractivity contribution is -0.0494. The fourth-order valence-electron chi connectivity index (χ4n) is 2.81. The molecule has 0 saturated carbocycles. The van der Waals surface area contributed by atoms with Crippen LogP contribution in [0.25, 0.3) is 0 Å². The van der Waals surface area contributed by atoms with E-state index in [1.54, 1.807) is 7.05 Å². The smallest absolute Gasteiger partial charge is 0.466 e. The Balaban J connectivity index is 1.86. The highest BCUT2D eigenvalue weighted by molar-refractivity contribution is 7.90. The van der Waals surface area contributed by atoms with E-state index in [0.29, 0.717) is 16.8 Å². The van der Waals surface area contributed by atoms with Gasteiger partial charge in [0.05, 0.1) is 0 Å². The summed E-state index contributed by atoms with van der Waals surface area (Å²) in [5, 5.41) is 6.24. The Bertz CT molecular complexity index is 751. The summed E-state index contributed by atoms with van der Waals surface area (Å²) >= 11 is 0. The summed E-state index contributed by atoms with van der Waals surface area (Å²) in [6, 6.07) is 1.75. The Morgan fingerprint density at radius 1 is 1.35 bits per heavy atom. The van der Waals surface area contributed by atoms with E-state index in [-0.39, 0.29) is 32.0 Å². The van der Waals surface area contributed by atoms with Crippen molar-refractivity contribution in [2.75, 3.05) is 20.1 Å². The lowest BCUT2D eigenvalue weighted by atomic mass is 10.1. The van der Waals surface area contributed by atoms with E-state index in [9.17, 15) is 21.6 Å². The molecule has 11 heteroatoms. The molecule has 0 bridgehead atoms. The van der Waals surface area contributed by atoms with Crippen molar-refractivity contribution in [3.05, 3.63) is 23.2 Å². The summed E-state index contributed by atoms with van der Waals surface area (Å²) < 4.78 is 66.6. The minimum absolute atomic E-state index is 0.159. The van der Waals surface area contributed by atoms with E-state index in [4.69, 9.17) is 4.42 Å². The molecule has 2 rings (SSSR count). The molecular weight excluding hydrogens is 373 g/mol. The van der Waals surface area contributed by atoms with Gasteiger partial charge in [-0.05, 0) is 32.8 Å². The van der Waals surface area contributed by atoms with Crippen LogP contribution in [0, 0.1) is 13.8 Å². The minimum Gasteiger partial charge on any atom is -0.466 e. The van der Waals surface area contributed by atoms with Gasteiger partial charge in [-0.15, -0.1) is 0 Å². The monoisotopic (exact) mass is 396 g/mol. The van der Waals surface area contributed by atoms with E-state index < -0.39 is 15.5 Å². The number of aliphatic imine (C=N–C) groups is 1. The maximum Gasteiger partial charge on any atom is 0.511 e. The first-order valence-corrected chi connectivity index (χ1v) is 9.58. The quantitative estimate of drug-likeness (QED) is 0.599. The van der Waals surface area contributed by atoms with E-state index in [1.807, 2.05) is 19.9 Å². The van der Waals surface area contributed by atoms with Crippen molar-refractivity contribution in [3.8, 4) is 0 Å². The third-order valence-corrected chi connectivity index (χ3v) is 5.87. The highest BCUT2D eigenvalue weighted by atomic mass is 32.2. The van der Waals surface area contributed by atoms with Crippen LogP contribution < -0.4 is 10.6 Å². The third kappa shape index (κ3) is 4.70. The normalized spacial score (nSPS) is 18.2. The van der Waals surface area contributed by atoms with Crippen LogP contribution in [-0.2, 0) is 16.6 Å². The summed E-state index contributed by atoms with van der Waals surface area (Å²) in [4.78, 5) is 4.09. The predicted octanol–water partition coefficient (Wildman–Crippen LogP) is 1.88. The van der Waals surface area contributed by atoms with Crippen molar-refractivity contribution in [3.63, 3.8) is 0 Å². The highest BCUT2D eigenvalue weighted by Gasteiger charge is 2.50. The van der Waals surface area contributed by atoms with Crippen molar-refractivity contribution >= 4 is 16.0 Å². The maximum atomic E-state index is 12.6. The van der Waals surface area contributed by atoms with Crippen molar-refractivity contribution in [2.24, 2.45) is 4.99 Å². The fraction of sp³-hybridized carbons (Fsp3) is 0.667. The van der Waals surface area contributed by atoms with Gasteiger partial charge >= 0.3 is 15.5 Å². The van der Waals surface area contributed by atoms with Gasteiger partial charge in [0.25, 0.3) is 0 Å². The lowest BCUT2D eigenvalue weighted by Gasteiger charge is -2.32. The SMILES string of the molecule is CN=C(NCc1cc(C)oc1C)NC1CCN(S(=O)(=O)C(F)(F)F)CC1. The first kappa shape index (κ1) is 20.6. The zero-order valence-electron chi connectivity index (χ0n) is 14.9. The van der Waals surface area contributed by atoms with Crippen LogP contribution in [0.4, 0.5) is 13.2 Å². The molecule has 1 fully saturated rings. The van der Waals surface area contributed by atoms with Crippen LogP contribution in [0.3, 0.4) is 0 Å². The van der Waals surface area contributed by atoms with E-state index in [0.717, 1.165) is 17.1 Å². The molecule has 1 aliphatic rings. The molecular formula is C15H23F3N4O3S. The van der Waals surface area contributed by atoms with Crippen molar-refractivity contribution in [1.29, 1.82) is 0 Å². The van der Waals surface area contributed by atoms with E-state index in [1.165, 1.54) is 0 Å². The van der Waals surface area contributed by atoms with Gasteiger partial charge in [-0.3, -0.25) is 4.99 Å². The number of furan rings is 1. The van der Waals surface area contributed by atoms with Crippen molar-refractivity contribution < 1.29 is 26.0 Å². The molecule has 1 aliphatic heterocycles. The number of aryl methyl sites for hydroxylation is 2. The molecule has 1 saturated heterocycles. The number of piperidine rings is 1. The molecule has 2 heterocycles. The second-order valence-corrected chi connectivity index (χ2v) is 8.06. The zero-order chi connectivity index (χ0) is 19.5. The van der Waals surface area contributed by atoms with Crippen molar-refractivity contribution in [2.45, 2.75) is 44.8 Å². The Hall–Kier alpha value is -1.75. The number of nitrogens with one attached hydrogen (secondary N) is 2. The predicted molar refractivity (Wildman–Crippen MR) is 91.1 cm³/mol. The summed E-state index contributed by atoms with van der Waals surface area (Å²) in [6.07, 6.45) is 0.527. The van der Waals surface area contributed by atoms with E-state index >= 15 is 0 Å². The van der Waals surface area contributed by atoms with Gasteiger partial charge in [-0.25, -0.2) is 8.42 Å². The first-order valence-electron chi connectivity index (χ1n) is 8.14. The number of alkyl halides is 3. The van der Waals surface area contributed by atoms with Crippen LogP contribution in [0.1, 0.15) is 29.9 Å². The average Bonchev–Trinajstić information content (AvgIpc) is 2.88. The molecule has 7 nitrogen and oxygen atoms in total. The van der Waals surface area contributed by atoms with Crippen LogP contribution in [0.2, 0.25) is 0 Å². The molecule has 0 aliphatic carbocycles. The van der Waals surface area contributed by atoms with Gasteiger partial charge in [-0.2, -0.15) is 17.5 Å². The molecule has 0 amide bonds. The number of nitrogens with zero attached hydrogens (tertiary/aromatic N) is 2. The number of guanidine groups is 1. The first-order chi connectivity index (χ1) is 12.0. The highest BCUT2D eigenvalue weighted by Crippen LogP contribution is 2.28. The molecule has 0 atom stereocenters. The molecule has 0 spiro atoms. The third-order valence-electron chi connectivity index (χ3n) is 4.24. The number of hydrogen-bond acceptors (Lipinski definition) is 4. The van der Waals surface area contributed by atoms with E-state index in [2.05, 4.69) is 15.6 Å². The Morgan fingerprint density at radius 3 is 2.42 bits per heavy atom. The number of sulfonamides is 1. The minimum atomic E-state index is -5.26. The molecule has 1 aromatic rings. The molecule has 26 heavy (non-hydrogen) atoms. The van der Waals surface area contributed by atoms with Crippen LogP contribution in [0.5, 0.6) is 0 Å². The summed E-state index contributed by atoms with van der Waals surface area (Å²) in [5.74, 6) is 2.11. The maximum absolute atomic E-state index is 12.6. The number of halogens is 3. The fourth-order valence-corrected chi connectivity index (χ4v) is 3.80. The van der Waals surface area contributed by atoms with Gasteiger partial charge < -0.3 is 15.1 Å². The topological polar surface area (TPSA) is 86.9 Å². The second kappa shape index (κ2) is 7.87. The van der Waals surface area contributed by atoms with Gasteiger partial charge in [0.1, 0.15) is 11.5 Å². The molecule has 148 valence electrons. The Morgan fingerprint density at radius 2 is 1.96 bits per heavy atom. The Labute approximate surface area is 150 Å². The van der Waals surface area contributed by atoms with Crippen molar-refractivity contribution in [1.82, 2.24) is 14.9 Å².